The van der Waals surface area contributed by atoms with Gasteiger partial charge in [-0.1, -0.05) is 0 Å². The van der Waals surface area contributed by atoms with Gasteiger partial charge >= 0.3 is 5.97 Å². The summed E-state index contributed by atoms with van der Waals surface area (Å²) in [4.78, 5) is 35.2. The zero-order valence-corrected chi connectivity index (χ0v) is 23.3. The van der Waals surface area contributed by atoms with Gasteiger partial charge in [-0.15, -0.1) is 0 Å². The first-order valence-electron chi connectivity index (χ1n) is 11.3. The van der Waals surface area contributed by atoms with Gasteiger partial charge in [-0.05, 0) is 57.9 Å². The Bertz CT molecular complexity index is 1420. The maximum Gasteiger partial charge on any atom is 0.343 e. The van der Waals surface area contributed by atoms with E-state index in [9.17, 15) is 19.7 Å². The molecule has 3 aromatic carbocycles. The van der Waals surface area contributed by atoms with Crippen LogP contribution < -0.4 is 33.8 Å². The van der Waals surface area contributed by atoms with Crippen molar-refractivity contribution in [3.8, 4) is 34.5 Å². The smallest absolute Gasteiger partial charge is 0.343 e. The Morgan fingerprint density at radius 3 is 2.12 bits per heavy atom. The van der Waals surface area contributed by atoms with Crippen LogP contribution in [0.2, 0.25) is 0 Å². The molecule has 13 nitrogen and oxygen atoms in total. The minimum Gasteiger partial charge on any atom is -0.493 e. The number of esters is 1. The fraction of sp³-hybridized carbons (Fsp3) is 0.192. The van der Waals surface area contributed by atoms with E-state index < -0.39 is 16.8 Å². The van der Waals surface area contributed by atoms with Crippen LogP contribution in [0, 0.1) is 10.1 Å². The van der Waals surface area contributed by atoms with Crippen molar-refractivity contribution in [3.63, 3.8) is 0 Å². The number of nitro groups is 1. The molecule has 40 heavy (non-hydrogen) atoms. The van der Waals surface area contributed by atoms with Gasteiger partial charge in [0, 0.05) is 12.1 Å². The SMILES string of the molecule is COc1cc(C=NNC(=O)COc2ccc([N+](=O)[O-])cc2Br)ccc1OC(=O)c1cc(OC)c(OC)c(OC)c1. The Balaban J connectivity index is 1.63. The molecule has 14 heteroatoms. The first-order valence-corrected chi connectivity index (χ1v) is 12.1. The summed E-state index contributed by atoms with van der Waals surface area (Å²) in [7, 11) is 5.73. The number of ether oxygens (including phenoxy) is 6. The standard InChI is InChI=1S/C26H24BrN3O10/c1-35-21-9-15(13-28-29-24(31)14-39-19-8-6-17(30(33)34)12-18(19)27)5-7-20(21)40-26(32)16-10-22(36-2)25(38-4)23(11-16)37-3/h5-13H,14H2,1-4H3,(H,29,31). The molecule has 0 radical (unpaired) electrons. The monoisotopic (exact) mass is 617 g/mol. The number of non-ortho nitro benzene ring substituents is 1. The highest BCUT2D eigenvalue weighted by atomic mass is 79.9. The zero-order valence-electron chi connectivity index (χ0n) is 21.8. The van der Waals surface area contributed by atoms with Crippen LogP contribution in [0.1, 0.15) is 15.9 Å². The van der Waals surface area contributed by atoms with Gasteiger partial charge in [-0.3, -0.25) is 14.9 Å². The first kappa shape index (κ1) is 29.7. The second kappa shape index (κ2) is 13.8. The summed E-state index contributed by atoms with van der Waals surface area (Å²) >= 11 is 3.16. The van der Waals surface area contributed by atoms with Gasteiger partial charge in [0.2, 0.25) is 5.75 Å². The van der Waals surface area contributed by atoms with E-state index in [4.69, 9.17) is 28.4 Å². The molecule has 3 rings (SSSR count). The Kier molecular flexibility index (Phi) is 10.2. The molecule has 0 saturated carbocycles. The number of methoxy groups -OCH3 is 4. The molecule has 0 heterocycles. The fourth-order valence-electron chi connectivity index (χ4n) is 3.28. The molecule has 0 aromatic heterocycles. The number of hydrogen-bond acceptors (Lipinski definition) is 11. The lowest BCUT2D eigenvalue weighted by Crippen LogP contribution is -2.24. The van der Waals surface area contributed by atoms with Crippen LogP contribution in [0.5, 0.6) is 34.5 Å². The van der Waals surface area contributed by atoms with Crippen molar-refractivity contribution in [1.82, 2.24) is 5.43 Å². The van der Waals surface area contributed by atoms with Crippen LogP contribution in [-0.4, -0.2) is 58.1 Å². The topological polar surface area (TPSA) is 157 Å². The Labute approximate surface area is 236 Å². The molecule has 1 amide bonds. The van der Waals surface area contributed by atoms with Gasteiger partial charge in [-0.25, -0.2) is 10.2 Å². The number of carbonyl (C=O) groups is 2. The van der Waals surface area contributed by atoms with Gasteiger partial charge in [0.1, 0.15) is 5.75 Å². The van der Waals surface area contributed by atoms with Gasteiger partial charge in [0.15, 0.2) is 29.6 Å². The summed E-state index contributed by atoms with van der Waals surface area (Å²) in [5, 5.41) is 14.7. The highest BCUT2D eigenvalue weighted by Crippen LogP contribution is 2.39. The number of benzene rings is 3. The number of nitro benzene ring substituents is 1. The van der Waals surface area contributed by atoms with Crippen LogP contribution in [0.25, 0.3) is 0 Å². The number of carbonyl (C=O) groups excluding carboxylic acids is 2. The molecular formula is C26H24BrN3O10. The third kappa shape index (κ3) is 7.38. The van der Waals surface area contributed by atoms with Gasteiger partial charge in [-0.2, -0.15) is 5.10 Å². The number of hydrogen-bond donors (Lipinski definition) is 1. The van der Waals surface area contributed by atoms with E-state index in [2.05, 4.69) is 26.5 Å². The van der Waals surface area contributed by atoms with Crippen molar-refractivity contribution >= 4 is 39.7 Å². The molecule has 1 N–H and O–H groups in total. The van der Waals surface area contributed by atoms with E-state index in [1.807, 2.05) is 0 Å². The molecule has 0 saturated heterocycles. The van der Waals surface area contributed by atoms with Crippen molar-refractivity contribution in [2.45, 2.75) is 0 Å². The van der Waals surface area contributed by atoms with E-state index in [-0.39, 0.29) is 35.1 Å². The third-order valence-corrected chi connectivity index (χ3v) is 5.80. The molecule has 0 aliphatic heterocycles. The molecular weight excluding hydrogens is 594 g/mol. The summed E-state index contributed by atoms with van der Waals surface area (Å²) in [6.07, 6.45) is 1.35. The average molecular weight is 618 g/mol. The van der Waals surface area contributed by atoms with Crippen molar-refractivity contribution in [1.29, 1.82) is 0 Å². The minimum atomic E-state index is -0.689. The normalized spacial score (nSPS) is 10.5. The Morgan fingerprint density at radius 2 is 1.55 bits per heavy atom. The molecule has 0 unspecified atom stereocenters. The molecule has 0 aliphatic carbocycles. The molecule has 0 atom stereocenters. The number of rotatable bonds is 12. The van der Waals surface area contributed by atoms with Crippen LogP contribution in [-0.2, 0) is 4.79 Å². The summed E-state index contributed by atoms with van der Waals surface area (Å²) in [5.74, 6) is 0.300. The second-order valence-corrected chi connectivity index (χ2v) is 8.52. The predicted octanol–water partition coefficient (Wildman–Crippen LogP) is 4.14. The number of nitrogens with one attached hydrogen (secondary N) is 1. The molecule has 0 spiro atoms. The predicted molar refractivity (Wildman–Crippen MR) is 146 cm³/mol. The Hall–Kier alpha value is -4.85. The van der Waals surface area contributed by atoms with E-state index in [0.29, 0.717) is 27.3 Å². The largest absolute Gasteiger partial charge is 0.493 e. The zero-order chi connectivity index (χ0) is 29.2. The van der Waals surface area contributed by atoms with E-state index in [0.717, 1.165) is 0 Å². The van der Waals surface area contributed by atoms with Crippen molar-refractivity contribution in [2.24, 2.45) is 5.10 Å². The van der Waals surface area contributed by atoms with E-state index >= 15 is 0 Å². The van der Waals surface area contributed by atoms with Gasteiger partial charge in [0.25, 0.3) is 11.6 Å². The summed E-state index contributed by atoms with van der Waals surface area (Å²) in [6.45, 7) is -0.382. The summed E-state index contributed by atoms with van der Waals surface area (Å²) in [5.41, 5.74) is 2.88. The van der Waals surface area contributed by atoms with Crippen molar-refractivity contribution in [3.05, 3.63) is 74.2 Å². The fourth-order valence-corrected chi connectivity index (χ4v) is 3.76. The van der Waals surface area contributed by atoms with Crippen molar-refractivity contribution < 1.29 is 42.9 Å². The highest BCUT2D eigenvalue weighted by Gasteiger charge is 2.20. The highest BCUT2D eigenvalue weighted by molar-refractivity contribution is 9.10. The van der Waals surface area contributed by atoms with Gasteiger partial charge < -0.3 is 28.4 Å². The van der Waals surface area contributed by atoms with Crippen LogP contribution in [0.15, 0.2) is 58.1 Å². The lowest BCUT2D eigenvalue weighted by atomic mass is 10.1. The van der Waals surface area contributed by atoms with E-state index in [1.54, 1.807) is 12.1 Å². The lowest BCUT2D eigenvalue weighted by Gasteiger charge is -2.14. The maximum atomic E-state index is 12.8. The van der Waals surface area contributed by atoms with Crippen molar-refractivity contribution in [2.75, 3.05) is 35.0 Å². The second-order valence-electron chi connectivity index (χ2n) is 7.67. The number of halogens is 1. The van der Waals surface area contributed by atoms with E-state index in [1.165, 1.54) is 71.1 Å². The van der Waals surface area contributed by atoms with Crippen LogP contribution >= 0.6 is 15.9 Å². The molecule has 0 fully saturated rings. The number of hydrazone groups is 1. The third-order valence-electron chi connectivity index (χ3n) is 5.18. The molecule has 0 aliphatic rings. The lowest BCUT2D eigenvalue weighted by molar-refractivity contribution is -0.385. The minimum absolute atomic E-state index is 0.120. The van der Waals surface area contributed by atoms with Crippen LogP contribution in [0.3, 0.4) is 0 Å². The molecule has 3 aromatic rings. The average Bonchev–Trinajstić information content (AvgIpc) is 2.96. The maximum absolute atomic E-state index is 12.8. The molecule has 210 valence electrons. The Morgan fingerprint density at radius 1 is 0.900 bits per heavy atom. The summed E-state index contributed by atoms with van der Waals surface area (Å²) in [6, 6.07) is 11.5. The molecule has 0 bridgehead atoms. The number of nitrogens with zero attached hydrogens (tertiary/aromatic N) is 2. The number of amides is 1. The summed E-state index contributed by atoms with van der Waals surface area (Å²) < 4.78 is 32.4. The quantitative estimate of drug-likeness (QED) is 0.103. The van der Waals surface area contributed by atoms with Gasteiger partial charge in [0.05, 0.1) is 49.6 Å². The van der Waals surface area contributed by atoms with Crippen LogP contribution in [0.4, 0.5) is 5.69 Å². The first-order chi connectivity index (χ1) is 19.2.